The molecule has 0 N–H and O–H groups in total. The number of carbonyl (C=O) groups is 3. The molecule has 0 saturated carbocycles. The van der Waals surface area contributed by atoms with Crippen molar-refractivity contribution < 1.29 is 28.6 Å². The van der Waals surface area contributed by atoms with Crippen molar-refractivity contribution in [3.8, 4) is 0 Å². The largest absolute Gasteiger partial charge is 0.466 e. The normalized spacial score (nSPS) is 22.4. The topological polar surface area (TPSA) is 85.4 Å². The first-order valence-corrected chi connectivity index (χ1v) is 11.4. The number of rotatable bonds is 7. The van der Waals surface area contributed by atoms with Crippen molar-refractivity contribution in [1.82, 2.24) is 9.80 Å². The monoisotopic (exact) mass is 446 g/mol. The highest BCUT2D eigenvalue weighted by molar-refractivity contribution is 5.91. The predicted molar refractivity (Wildman–Crippen MR) is 118 cm³/mol. The van der Waals surface area contributed by atoms with Crippen LogP contribution in [0.15, 0.2) is 24.3 Å². The number of morpholine rings is 1. The van der Waals surface area contributed by atoms with Crippen molar-refractivity contribution >= 4 is 17.8 Å². The molecule has 2 aliphatic rings. The molecule has 1 aromatic rings. The van der Waals surface area contributed by atoms with Gasteiger partial charge in [0.25, 0.3) is 5.91 Å². The quantitative estimate of drug-likeness (QED) is 0.594. The molecule has 176 valence electrons. The Morgan fingerprint density at radius 3 is 2.22 bits per heavy atom. The van der Waals surface area contributed by atoms with Crippen molar-refractivity contribution in [3.63, 3.8) is 0 Å². The van der Waals surface area contributed by atoms with Gasteiger partial charge in [-0.3, -0.25) is 14.5 Å². The zero-order chi connectivity index (χ0) is 23.1. The maximum atomic E-state index is 12.4. The average molecular weight is 447 g/mol. The van der Waals surface area contributed by atoms with E-state index in [1.54, 1.807) is 24.0 Å². The molecule has 8 nitrogen and oxygen atoms in total. The van der Waals surface area contributed by atoms with Crippen LogP contribution in [-0.2, 0) is 30.3 Å². The summed E-state index contributed by atoms with van der Waals surface area (Å²) in [5.41, 5.74) is 1.54. The number of esters is 2. The van der Waals surface area contributed by atoms with E-state index in [-0.39, 0.29) is 36.6 Å². The molecule has 0 radical (unpaired) electrons. The van der Waals surface area contributed by atoms with Crippen LogP contribution in [0.4, 0.5) is 0 Å². The highest BCUT2D eigenvalue weighted by atomic mass is 16.5. The van der Waals surface area contributed by atoms with E-state index in [1.807, 2.05) is 12.1 Å². The fraction of sp³-hybridized carbons (Fsp3) is 0.625. The van der Waals surface area contributed by atoms with Crippen LogP contribution in [0.25, 0.3) is 0 Å². The van der Waals surface area contributed by atoms with E-state index in [2.05, 4.69) is 18.7 Å². The lowest BCUT2D eigenvalue weighted by Gasteiger charge is -2.35. The summed E-state index contributed by atoms with van der Waals surface area (Å²) in [4.78, 5) is 40.5. The van der Waals surface area contributed by atoms with E-state index in [1.165, 1.54) is 0 Å². The van der Waals surface area contributed by atoms with Crippen LogP contribution in [0.3, 0.4) is 0 Å². The Morgan fingerprint density at radius 2 is 1.62 bits per heavy atom. The summed E-state index contributed by atoms with van der Waals surface area (Å²) in [5.74, 6) is -1.12. The molecule has 2 saturated heterocycles. The number of carbonyl (C=O) groups excluding carboxylic acids is 3. The molecule has 1 aromatic carbocycles. The Morgan fingerprint density at radius 1 is 1.00 bits per heavy atom. The van der Waals surface area contributed by atoms with Crippen molar-refractivity contribution in [2.24, 2.45) is 5.92 Å². The number of piperidine rings is 1. The molecule has 0 bridgehead atoms. The molecular formula is C24H34N2O6. The first-order valence-electron chi connectivity index (χ1n) is 11.4. The number of hydrogen-bond acceptors (Lipinski definition) is 7. The zero-order valence-electron chi connectivity index (χ0n) is 19.2. The fourth-order valence-corrected chi connectivity index (χ4v) is 4.34. The summed E-state index contributed by atoms with van der Waals surface area (Å²) < 4.78 is 16.0. The number of benzene rings is 1. The van der Waals surface area contributed by atoms with Crippen LogP contribution in [0.5, 0.6) is 0 Å². The third kappa shape index (κ3) is 6.77. The smallest absolute Gasteiger partial charge is 0.338 e. The van der Waals surface area contributed by atoms with E-state index in [9.17, 15) is 14.4 Å². The van der Waals surface area contributed by atoms with Gasteiger partial charge in [-0.05, 0) is 51.3 Å². The van der Waals surface area contributed by atoms with Crippen molar-refractivity contribution in [2.75, 3.05) is 39.4 Å². The van der Waals surface area contributed by atoms with Gasteiger partial charge in [0, 0.05) is 32.7 Å². The van der Waals surface area contributed by atoms with Crippen LogP contribution in [0, 0.1) is 5.92 Å². The lowest BCUT2D eigenvalue weighted by Crippen LogP contribution is -2.44. The van der Waals surface area contributed by atoms with E-state index >= 15 is 0 Å². The van der Waals surface area contributed by atoms with Gasteiger partial charge in [-0.15, -0.1) is 0 Å². The minimum Gasteiger partial charge on any atom is -0.466 e. The van der Waals surface area contributed by atoms with Crippen LogP contribution < -0.4 is 0 Å². The molecule has 8 heteroatoms. The van der Waals surface area contributed by atoms with Gasteiger partial charge in [-0.1, -0.05) is 12.1 Å². The van der Waals surface area contributed by atoms with Gasteiger partial charge < -0.3 is 19.1 Å². The molecule has 0 spiro atoms. The third-order valence-electron chi connectivity index (χ3n) is 5.89. The summed E-state index contributed by atoms with van der Waals surface area (Å²) in [5, 5.41) is 0. The summed E-state index contributed by atoms with van der Waals surface area (Å²) in [7, 11) is 0. The second-order valence-electron chi connectivity index (χ2n) is 8.63. The minimum absolute atomic E-state index is 0.163. The van der Waals surface area contributed by atoms with Gasteiger partial charge in [0.05, 0.1) is 30.3 Å². The average Bonchev–Trinajstić information content (AvgIpc) is 2.77. The van der Waals surface area contributed by atoms with Crippen molar-refractivity contribution in [3.05, 3.63) is 35.4 Å². The van der Waals surface area contributed by atoms with Gasteiger partial charge >= 0.3 is 11.9 Å². The summed E-state index contributed by atoms with van der Waals surface area (Å²) in [6, 6.07) is 7.31. The van der Waals surface area contributed by atoms with Gasteiger partial charge in [0.15, 0.2) is 6.61 Å². The van der Waals surface area contributed by atoms with Crippen molar-refractivity contribution in [2.45, 2.75) is 52.4 Å². The zero-order valence-corrected chi connectivity index (χ0v) is 19.2. The minimum atomic E-state index is -0.514. The number of nitrogens with zero attached hydrogens (tertiary/aromatic N) is 2. The molecule has 32 heavy (non-hydrogen) atoms. The molecule has 0 aromatic heterocycles. The molecule has 1 amide bonds. The molecule has 2 aliphatic heterocycles. The van der Waals surface area contributed by atoms with Gasteiger partial charge in [-0.25, -0.2) is 4.79 Å². The standard InChI is InChI=1S/C24H34N2O6/c1-4-30-23(28)21-9-11-26(12-10-21)22(27)16-31-24(29)20-7-5-19(6-8-20)15-25-13-17(2)32-18(3)14-25/h5-8,17-18,21H,4,9-16H2,1-3H3. The fourth-order valence-electron chi connectivity index (χ4n) is 4.34. The molecule has 3 rings (SSSR count). The maximum absolute atomic E-state index is 12.4. The van der Waals surface area contributed by atoms with Crippen molar-refractivity contribution in [1.29, 1.82) is 0 Å². The van der Waals surface area contributed by atoms with E-state index in [0.717, 1.165) is 25.2 Å². The second-order valence-corrected chi connectivity index (χ2v) is 8.63. The van der Waals surface area contributed by atoms with E-state index in [4.69, 9.17) is 14.2 Å². The molecule has 2 atom stereocenters. The number of hydrogen-bond donors (Lipinski definition) is 0. The Bertz CT molecular complexity index is 778. The van der Waals surface area contributed by atoms with E-state index < -0.39 is 5.97 Å². The van der Waals surface area contributed by atoms with Crippen LogP contribution in [0.2, 0.25) is 0 Å². The summed E-state index contributed by atoms with van der Waals surface area (Å²) >= 11 is 0. The number of amides is 1. The molecule has 2 fully saturated rings. The highest BCUT2D eigenvalue weighted by Gasteiger charge is 2.28. The molecule has 2 unspecified atom stereocenters. The Kier molecular flexibility index (Phi) is 8.64. The SMILES string of the molecule is CCOC(=O)C1CCN(C(=O)COC(=O)c2ccc(CN3CC(C)OC(C)C3)cc2)CC1. The Hall–Kier alpha value is -2.45. The maximum Gasteiger partial charge on any atom is 0.338 e. The highest BCUT2D eigenvalue weighted by Crippen LogP contribution is 2.19. The van der Waals surface area contributed by atoms with Crippen LogP contribution in [-0.4, -0.2) is 79.2 Å². The predicted octanol–water partition coefficient (Wildman–Crippen LogP) is 2.25. The van der Waals surface area contributed by atoms with E-state index in [0.29, 0.717) is 38.1 Å². The number of ether oxygens (including phenoxy) is 3. The Labute approximate surface area is 189 Å². The van der Waals surface area contributed by atoms with Crippen LogP contribution in [0.1, 0.15) is 49.5 Å². The third-order valence-corrected chi connectivity index (χ3v) is 5.89. The van der Waals surface area contributed by atoms with Gasteiger partial charge in [-0.2, -0.15) is 0 Å². The van der Waals surface area contributed by atoms with Gasteiger partial charge in [0.2, 0.25) is 0 Å². The lowest BCUT2D eigenvalue weighted by atomic mass is 9.97. The van der Waals surface area contributed by atoms with Gasteiger partial charge in [0.1, 0.15) is 0 Å². The first kappa shape index (κ1) is 24.2. The summed E-state index contributed by atoms with van der Waals surface area (Å²) in [6.07, 6.45) is 1.56. The lowest BCUT2D eigenvalue weighted by molar-refractivity contribution is -0.151. The number of likely N-dealkylation sites (tertiary alicyclic amines) is 1. The van der Waals surface area contributed by atoms with Crippen LogP contribution >= 0.6 is 0 Å². The molecule has 2 heterocycles. The molecular weight excluding hydrogens is 412 g/mol. The molecule has 0 aliphatic carbocycles. The Balaban J connectivity index is 1.42. The first-order chi connectivity index (χ1) is 15.4. The summed E-state index contributed by atoms with van der Waals surface area (Å²) in [6.45, 7) is 9.49. The second kappa shape index (κ2) is 11.4.